The second kappa shape index (κ2) is 11.6. The van der Waals surface area contributed by atoms with Crippen LogP contribution in [0, 0.1) is 0 Å². The summed E-state index contributed by atoms with van der Waals surface area (Å²) in [5.74, 6) is -1.56. The van der Waals surface area contributed by atoms with Crippen LogP contribution < -0.4 is 10.6 Å². The molecule has 4 aromatic rings. The van der Waals surface area contributed by atoms with Crippen molar-refractivity contribution in [2.45, 2.75) is 48.9 Å². The third-order valence-electron chi connectivity index (χ3n) is 9.16. The lowest BCUT2D eigenvalue weighted by Gasteiger charge is -2.33. The maximum atomic E-state index is 13.9. The maximum Gasteiger partial charge on any atom is 0.405 e. The highest BCUT2D eigenvalue weighted by Crippen LogP contribution is 2.54. The number of unbranched alkanes of at least 4 members (excludes halogenated alkanes) is 1. The molecule has 2 amide bonds. The molecule has 0 fully saturated rings. The molecule has 0 atom stereocenters. The predicted molar refractivity (Wildman–Crippen MR) is 162 cm³/mol. The third kappa shape index (κ3) is 5.33. The molecule has 10 heteroatoms. The lowest BCUT2D eigenvalue weighted by molar-refractivity contribution is -0.141. The van der Waals surface area contributed by atoms with Crippen LogP contribution in [-0.4, -0.2) is 37.3 Å². The van der Waals surface area contributed by atoms with E-state index in [4.69, 9.17) is 0 Å². The van der Waals surface area contributed by atoms with Crippen molar-refractivity contribution in [3.05, 3.63) is 119 Å². The van der Waals surface area contributed by atoms with E-state index >= 15 is 0 Å². The number of fused-ring (bicyclic) bond motifs is 6. The fourth-order valence-corrected chi connectivity index (χ4v) is 7.35. The van der Waals surface area contributed by atoms with Gasteiger partial charge < -0.3 is 10.6 Å². The Kier molecular flexibility index (Phi) is 7.94. The van der Waals surface area contributed by atoms with E-state index in [1.54, 1.807) is 72.8 Å². The molecule has 0 spiro atoms. The van der Waals surface area contributed by atoms with Crippen LogP contribution >= 0.6 is 0 Å². The number of hydrogen-bond acceptors (Lipinski definition) is 2. The molecule has 0 aliphatic heterocycles. The van der Waals surface area contributed by atoms with E-state index in [0.717, 1.165) is 22.3 Å². The summed E-state index contributed by atoms with van der Waals surface area (Å²) in [5.41, 5.74) is 2.49. The van der Waals surface area contributed by atoms with Gasteiger partial charge in [0.05, 0.1) is 0 Å². The fourth-order valence-electron chi connectivity index (χ4n) is 7.35. The Bertz CT molecular complexity index is 1570. The topological polar surface area (TPSA) is 58.2 Å². The van der Waals surface area contributed by atoms with Crippen molar-refractivity contribution in [2.75, 3.05) is 13.1 Å². The van der Waals surface area contributed by atoms with Crippen molar-refractivity contribution in [3.8, 4) is 22.3 Å². The Hall–Kier alpha value is -4.60. The molecular formula is C36H30F6N2O2. The average Bonchev–Trinajstić information content (AvgIpc) is 3.49. The zero-order valence-corrected chi connectivity index (χ0v) is 24.6. The molecule has 0 saturated heterocycles. The van der Waals surface area contributed by atoms with Crippen LogP contribution in [0.4, 0.5) is 26.3 Å². The van der Waals surface area contributed by atoms with E-state index in [0.29, 0.717) is 35.1 Å². The second-order valence-electron chi connectivity index (χ2n) is 11.8. The van der Waals surface area contributed by atoms with Crippen molar-refractivity contribution in [1.29, 1.82) is 0 Å². The van der Waals surface area contributed by atoms with Gasteiger partial charge in [-0.1, -0.05) is 110 Å². The Balaban J connectivity index is 1.36. The summed E-state index contributed by atoms with van der Waals surface area (Å²) in [6, 6.07) is 28.5. The molecular weight excluding hydrogens is 606 g/mol. The standard InChI is InChI=1S/C36H30F6N2O2/c37-35(38,39)21-43-31(45)33(27-15-5-1-11-23(27)24-12-2-6-16-28(24)33)19-9-10-20-34(32(46)44-22-36(40,41)42)29-17-7-3-13-25(29)26-14-4-8-18-30(26)34/h1-8,11-18H,9-10,19-22H2,(H,43,45)(H,44,46). The number of amides is 2. The van der Waals surface area contributed by atoms with E-state index in [2.05, 4.69) is 10.6 Å². The minimum atomic E-state index is -4.62. The molecule has 6 rings (SSSR count). The van der Waals surface area contributed by atoms with Gasteiger partial charge in [-0.15, -0.1) is 0 Å². The molecule has 0 unspecified atom stereocenters. The average molecular weight is 637 g/mol. The molecule has 0 heterocycles. The normalized spacial score (nSPS) is 15.3. The number of carbonyl (C=O) groups is 2. The molecule has 2 aliphatic carbocycles. The number of rotatable bonds is 9. The number of hydrogen-bond donors (Lipinski definition) is 2. The monoisotopic (exact) mass is 636 g/mol. The molecule has 0 radical (unpaired) electrons. The fraction of sp³-hybridized carbons (Fsp3) is 0.278. The van der Waals surface area contributed by atoms with E-state index < -0.39 is 48.1 Å². The largest absolute Gasteiger partial charge is 0.405 e. The summed E-state index contributed by atoms with van der Waals surface area (Å²) >= 11 is 0. The molecule has 238 valence electrons. The van der Waals surface area contributed by atoms with Crippen LogP contribution in [0.2, 0.25) is 0 Å². The smallest absolute Gasteiger partial charge is 0.346 e. The Morgan fingerprint density at radius 3 is 1.00 bits per heavy atom. The van der Waals surface area contributed by atoms with Crippen molar-refractivity contribution < 1.29 is 35.9 Å². The molecule has 0 saturated carbocycles. The van der Waals surface area contributed by atoms with E-state index in [1.807, 2.05) is 24.3 Å². The number of halogens is 6. The van der Waals surface area contributed by atoms with Crippen molar-refractivity contribution in [1.82, 2.24) is 10.6 Å². The number of benzene rings is 4. The van der Waals surface area contributed by atoms with Gasteiger partial charge in [0.1, 0.15) is 23.9 Å². The highest BCUT2D eigenvalue weighted by Gasteiger charge is 2.51. The summed E-state index contributed by atoms with van der Waals surface area (Å²) in [5, 5.41) is 4.23. The SMILES string of the molecule is O=C(NCC(F)(F)F)C1(CCCCC2(C(=O)NCC(F)(F)F)c3ccccc3-c3ccccc32)c2ccccc2-c2ccccc21. The van der Waals surface area contributed by atoms with Gasteiger partial charge in [-0.05, 0) is 57.3 Å². The molecule has 4 aromatic carbocycles. The quantitative estimate of drug-likeness (QED) is 0.145. The van der Waals surface area contributed by atoms with Crippen LogP contribution in [0.5, 0.6) is 0 Å². The minimum absolute atomic E-state index is 0.119. The highest BCUT2D eigenvalue weighted by molar-refractivity contribution is 6.01. The summed E-state index contributed by atoms with van der Waals surface area (Å²) in [6.45, 7) is -2.98. The molecule has 2 aliphatic rings. The van der Waals surface area contributed by atoms with Gasteiger partial charge in [0, 0.05) is 0 Å². The zero-order chi connectivity index (χ0) is 32.7. The highest BCUT2D eigenvalue weighted by atomic mass is 19.4. The summed E-state index contributed by atoms with van der Waals surface area (Å²) in [7, 11) is 0. The Labute approximate surface area is 261 Å². The number of nitrogens with one attached hydrogen (secondary N) is 2. The zero-order valence-electron chi connectivity index (χ0n) is 24.6. The van der Waals surface area contributed by atoms with E-state index in [1.165, 1.54) is 0 Å². The first-order valence-corrected chi connectivity index (χ1v) is 15.0. The molecule has 0 aromatic heterocycles. The summed E-state index contributed by atoms with van der Waals surface area (Å²) in [6.07, 6.45) is -8.41. The predicted octanol–water partition coefficient (Wildman–Crippen LogP) is 7.84. The number of alkyl halides is 6. The van der Waals surface area contributed by atoms with Crippen LogP contribution in [0.1, 0.15) is 47.9 Å². The van der Waals surface area contributed by atoms with E-state index in [9.17, 15) is 35.9 Å². The van der Waals surface area contributed by atoms with Gasteiger partial charge >= 0.3 is 12.4 Å². The summed E-state index contributed by atoms with van der Waals surface area (Å²) in [4.78, 5) is 27.8. The number of carbonyl (C=O) groups excluding carboxylic acids is 2. The minimum Gasteiger partial charge on any atom is -0.346 e. The van der Waals surface area contributed by atoms with Crippen molar-refractivity contribution >= 4 is 11.8 Å². The van der Waals surface area contributed by atoms with Gasteiger partial charge in [-0.3, -0.25) is 9.59 Å². The van der Waals surface area contributed by atoms with Crippen molar-refractivity contribution in [3.63, 3.8) is 0 Å². The molecule has 46 heavy (non-hydrogen) atoms. The molecule has 0 bridgehead atoms. The van der Waals surface area contributed by atoms with E-state index in [-0.39, 0.29) is 12.8 Å². The molecule has 2 N–H and O–H groups in total. The van der Waals surface area contributed by atoms with Crippen LogP contribution in [0.15, 0.2) is 97.1 Å². The van der Waals surface area contributed by atoms with Gasteiger partial charge in [-0.2, -0.15) is 26.3 Å². The lowest BCUT2D eigenvalue weighted by Crippen LogP contribution is -2.48. The molecule has 4 nitrogen and oxygen atoms in total. The van der Waals surface area contributed by atoms with Gasteiger partial charge in [0.25, 0.3) is 0 Å². The van der Waals surface area contributed by atoms with Crippen LogP contribution in [0.25, 0.3) is 22.3 Å². The lowest BCUT2D eigenvalue weighted by atomic mass is 9.70. The maximum absolute atomic E-state index is 13.9. The van der Waals surface area contributed by atoms with Crippen molar-refractivity contribution in [2.24, 2.45) is 0 Å². The van der Waals surface area contributed by atoms with Gasteiger partial charge in [0.2, 0.25) is 11.8 Å². The first kappa shape index (κ1) is 31.4. The Morgan fingerprint density at radius 2 is 0.739 bits per heavy atom. The first-order valence-electron chi connectivity index (χ1n) is 15.0. The van der Waals surface area contributed by atoms with Crippen LogP contribution in [0.3, 0.4) is 0 Å². The first-order chi connectivity index (χ1) is 21.9. The van der Waals surface area contributed by atoms with Gasteiger partial charge in [-0.25, -0.2) is 0 Å². The third-order valence-corrected chi connectivity index (χ3v) is 9.16. The van der Waals surface area contributed by atoms with Crippen LogP contribution in [-0.2, 0) is 20.4 Å². The summed E-state index contributed by atoms with van der Waals surface area (Å²) < 4.78 is 79.6. The second-order valence-corrected chi connectivity index (χ2v) is 11.8. The Morgan fingerprint density at radius 1 is 0.478 bits per heavy atom. The van der Waals surface area contributed by atoms with Gasteiger partial charge in [0.15, 0.2) is 0 Å².